The number of nitrogens with one attached hydrogen (secondary N) is 1. The van der Waals surface area contributed by atoms with Gasteiger partial charge in [-0.2, -0.15) is 5.10 Å². The van der Waals surface area contributed by atoms with Crippen LogP contribution in [0.3, 0.4) is 0 Å². The third-order valence-corrected chi connectivity index (χ3v) is 5.47. The second-order valence-corrected chi connectivity index (χ2v) is 7.37. The molecule has 0 saturated heterocycles. The minimum atomic E-state index is -0.662. The van der Waals surface area contributed by atoms with Gasteiger partial charge >= 0.3 is 5.97 Å². The average molecular weight is 416 g/mol. The molecular weight excluding hydrogens is 401 g/mol. The van der Waals surface area contributed by atoms with Gasteiger partial charge in [0.2, 0.25) is 5.91 Å². The maximum Gasteiger partial charge on any atom is 0.341 e. The summed E-state index contributed by atoms with van der Waals surface area (Å²) >= 11 is 12.8. The lowest BCUT2D eigenvalue weighted by Crippen LogP contribution is -2.30. The standard InChI is InChI=1S/C16H15Cl2N3O4S/c1-2-25-16(24)12-9(8-3-4-8)7-26-14(12)20-11(22)6-21-15(23)13(18)10(17)5-19-21/h5,7-8H,2-4,6H2,1H3,(H,20,22). The molecule has 0 unspecified atom stereocenters. The number of carbonyl (C=O) groups excluding carboxylic acids is 2. The fraction of sp³-hybridized carbons (Fsp3) is 0.375. The first-order valence-electron chi connectivity index (χ1n) is 7.91. The molecule has 0 radical (unpaired) electrons. The van der Waals surface area contributed by atoms with Gasteiger partial charge in [-0.25, -0.2) is 9.48 Å². The normalized spacial score (nSPS) is 13.5. The van der Waals surface area contributed by atoms with Gasteiger partial charge in [-0.05, 0) is 36.6 Å². The number of esters is 1. The zero-order chi connectivity index (χ0) is 18.8. The molecule has 0 atom stereocenters. The van der Waals surface area contributed by atoms with Crippen molar-refractivity contribution in [2.24, 2.45) is 0 Å². The van der Waals surface area contributed by atoms with Crippen molar-refractivity contribution in [2.45, 2.75) is 32.2 Å². The van der Waals surface area contributed by atoms with Crippen LogP contribution in [0.1, 0.15) is 41.6 Å². The number of halogens is 2. The van der Waals surface area contributed by atoms with Crippen LogP contribution in [0.5, 0.6) is 0 Å². The first-order valence-corrected chi connectivity index (χ1v) is 9.55. The van der Waals surface area contributed by atoms with Crippen molar-refractivity contribution in [2.75, 3.05) is 11.9 Å². The zero-order valence-electron chi connectivity index (χ0n) is 13.8. The summed E-state index contributed by atoms with van der Waals surface area (Å²) in [5.74, 6) is -0.640. The van der Waals surface area contributed by atoms with Crippen molar-refractivity contribution in [1.82, 2.24) is 9.78 Å². The molecule has 2 aromatic rings. The summed E-state index contributed by atoms with van der Waals surface area (Å²) in [6.07, 6.45) is 3.22. The summed E-state index contributed by atoms with van der Waals surface area (Å²) in [6, 6.07) is 0. The number of aromatic nitrogens is 2. The summed E-state index contributed by atoms with van der Waals surface area (Å²) in [4.78, 5) is 36.6. The average Bonchev–Trinajstić information content (AvgIpc) is 3.36. The number of amides is 1. The molecule has 26 heavy (non-hydrogen) atoms. The minimum absolute atomic E-state index is 0.0188. The molecule has 1 fully saturated rings. The van der Waals surface area contributed by atoms with E-state index >= 15 is 0 Å². The first-order chi connectivity index (χ1) is 12.4. The zero-order valence-corrected chi connectivity index (χ0v) is 16.1. The summed E-state index contributed by atoms with van der Waals surface area (Å²) in [5.41, 5.74) is 0.625. The Hall–Kier alpha value is -1.90. The number of thiophene rings is 1. The van der Waals surface area contributed by atoms with E-state index in [2.05, 4.69) is 10.4 Å². The quantitative estimate of drug-likeness (QED) is 0.730. The topological polar surface area (TPSA) is 90.3 Å². The van der Waals surface area contributed by atoms with Crippen LogP contribution >= 0.6 is 34.5 Å². The molecule has 10 heteroatoms. The lowest BCUT2D eigenvalue weighted by atomic mass is 10.1. The van der Waals surface area contributed by atoms with Gasteiger partial charge in [0.15, 0.2) is 0 Å². The SMILES string of the molecule is CCOC(=O)c1c(C2CC2)csc1NC(=O)Cn1ncc(Cl)c(Cl)c1=O. The molecule has 0 bridgehead atoms. The van der Waals surface area contributed by atoms with Gasteiger partial charge in [0.1, 0.15) is 16.6 Å². The minimum Gasteiger partial charge on any atom is -0.462 e. The highest BCUT2D eigenvalue weighted by Crippen LogP contribution is 2.46. The van der Waals surface area contributed by atoms with E-state index in [-0.39, 0.29) is 23.2 Å². The van der Waals surface area contributed by atoms with Crippen molar-refractivity contribution in [3.05, 3.63) is 43.1 Å². The van der Waals surface area contributed by atoms with Gasteiger partial charge < -0.3 is 10.1 Å². The fourth-order valence-electron chi connectivity index (χ4n) is 2.43. The van der Waals surface area contributed by atoms with Crippen LogP contribution in [0, 0.1) is 0 Å². The number of anilines is 1. The number of rotatable bonds is 6. The Balaban J connectivity index is 1.80. The highest BCUT2D eigenvalue weighted by Gasteiger charge is 2.32. The molecule has 1 aliphatic carbocycles. The van der Waals surface area contributed by atoms with E-state index in [1.54, 1.807) is 6.92 Å². The molecule has 1 aliphatic rings. The summed E-state index contributed by atoms with van der Waals surface area (Å²) in [5, 5.41) is 8.54. The fourth-order valence-corrected chi connectivity index (χ4v) is 3.75. The van der Waals surface area contributed by atoms with Gasteiger partial charge in [-0.3, -0.25) is 9.59 Å². The molecule has 0 aromatic carbocycles. The number of hydrogen-bond acceptors (Lipinski definition) is 6. The number of carbonyl (C=O) groups is 2. The monoisotopic (exact) mass is 415 g/mol. The Bertz CT molecular complexity index is 921. The van der Waals surface area contributed by atoms with Crippen molar-refractivity contribution < 1.29 is 14.3 Å². The molecule has 138 valence electrons. The lowest BCUT2D eigenvalue weighted by molar-refractivity contribution is -0.117. The predicted molar refractivity (Wildman–Crippen MR) is 99.4 cm³/mol. The van der Waals surface area contributed by atoms with Crippen LogP contribution in [0.25, 0.3) is 0 Å². The van der Waals surface area contributed by atoms with Crippen LogP contribution in [0.4, 0.5) is 5.00 Å². The molecular formula is C16H15Cl2N3O4S. The van der Waals surface area contributed by atoms with Crippen molar-refractivity contribution in [1.29, 1.82) is 0 Å². The molecule has 7 nitrogen and oxygen atoms in total. The van der Waals surface area contributed by atoms with Gasteiger partial charge in [0.05, 0.1) is 23.4 Å². The van der Waals surface area contributed by atoms with Crippen molar-refractivity contribution in [3.8, 4) is 0 Å². The third kappa shape index (κ3) is 3.92. The van der Waals surface area contributed by atoms with E-state index in [1.165, 1.54) is 17.5 Å². The molecule has 0 spiro atoms. The van der Waals surface area contributed by atoms with Crippen molar-refractivity contribution >= 4 is 51.4 Å². The van der Waals surface area contributed by atoms with Crippen molar-refractivity contribution in [3.63, 3.8) is 0 Å². The van der Waals surface area contributed by atoms with Gasteiger partial charge in [0.25, 0.3) is 5.56 Å². The van der Waals surface area contributed by atoms with Gasteiger partial charge in [-0.15, -0.1) is 11.3 Å². The van der Waals surface area contributed by atoms with E-state index in [1.807, 2.05) is 5.38 Å². The lowest BCUT2D eigenvalue weighted by Gasteiger charge is -2.09. The second kappa shape index (κ2) is 7.77. The van der Waals surface area contributed by atoms with E-state index < -0.39 is 17.4 Å². The predicted octanol–water partition coefficient (Wildman–Crippen LogP) is 3.30. The Labute approximate surface area is 162 Å². The second-order valence-electron chi connectivity index (χ2n) is 5.71. The highest BCUT2D eigenvalue weighted by molar-refractivity contribution is 7.15. The molecule has 1 saturated carbocycles. The Morgan fingerprint density at radius 3 is 2.81 bits per heavy atom. The van der Waals surface area contributed by atoms with Gasteiger partial charge in [0, 0.05) is 0 Å². The van der Waals surface area contributed by atoms with Crippen LogP contribution in [-0.2, 0) is 16.1 Å². The van der Waals surface area contributed by atoms with Crippen LogP contribution in [0.15, 0.2) is 16.4 Å². The van der Waals surface area contributed by atoms with Gasteiger partial charge in [-0.1, -0.05) is 23.2 Å². The summed E-state index contributed by atoms with van der Waals surface area (Å²) in [7, 11) is 0. The van der Waals surface area contributed by atoms with E-state index in [0.29, 0.717) is 16.5 Å². The number of nitrogens with zero attached hydrogens (tertiary/aromatic N) is 2. The van der Waals surface area contributed by atoms with Crippen LogP contribution in [0.2, 0.25) is 10.0 Å². The summed E-state index contributed by atoms with van der Waals surface area (Å²) < 4.78 is 6.02. The van der Waals surface area contributed by atoms with E-state index in [4.69, 9.17) is 27.9 Å². The third-order valence-electron chi connectivity index (χ3n) is 3.80. The molecule has 2 aromatic heterocycles. The Kier molecular flexibility index (Phi) is 5.64. The van der Waals surface area contributed by atoms with E-state index in [0.717, 1.165) is 23.1 Å². The largest absolute Gasteiger partial charge is 0.462 e. The molecule has 1 N–H and O–H groups in total. The van der Waals surface area contributed by atoms with Crippen LogP contribution in [-0.4, -0.2) is 28.3 Å². The molecule has 2 heterocycles. The maximum atomic E-state index is 12.3. The number of hydrogen-bond donors (Lipinski definition) is 1. The first kappa shape index (κ1) is 18.9. The molecule has 0 aliphatic heterocycles. The Morgan fingerprint density at radius 2 is 2.15 bits per heavy atom. The maximum absolute atomic E-state index is 12.3. The smallest absolute Gasteiger partial charge is 0.341 e. The number of ether oxygens (including phenoxy) is 1. The summed E-state index contributed by atoms with van der Waals surface area (Å²) in [6.45, 7) is 1.62. The highest BCUT2D eigenvalue weighted by atomic mass is 35.5. The van der Waals surface area contributed by atoms with E-state index in [9.17, 15) is 14.4 Å². The molecule has 1 amide bonds. The molecule has 3 rings (SSSR count). The van der Waals surface area contributed by atoms with Crippen LogP contribution < -0.4 is 10.9 Å². The Morgan fingerprint density at radius 1 is 1.42 bits per heavy atom.